The molecule has 100 valence electrons. The molecule has 0 bridgehead atoms. The summed E-state index contributed by atoms with van der Waals surface area (Å²) >= 11 is 0. The number of nitrogens with one attached hydrogen (secondary N) is 1. The summed E-state index contributed by atoms with van der Waals surface area (Å²) in [6, 6.07) is 2.03. The number of aryl methyl sites for hydroxylation is 1. The highest BCUT2D eigenvalue weighted by Crippen LogP contribution is 2.31. The highest BCUT2D eigenvalue weighted by atomic mass is 16.3. The summed E-state index contributed by atoms with van der Waals surface area (Å²) in [6.07, 6.45) is 2.75. The largest absolute Gasteiger partial charge is 0.394 e. The van der Waals surface area contributed by atoms with Gasteiger partial charge in [0.1, 0.15) is 5.69 Å². The minimum atomic E-state index is -0.410. The number of carbonyl (C=O) groups excluding carboxylic acids is 1. The lowest BCUT2D eigenvalue weighted by atomic mass is 9.77. The molecule has 1 fully saturated rings. The van der Waals surface area contributed by atoms with E-state index in [-0.39, 0.29) is 18.6 Å². The number of aliphatic hydroxyl groups is 1. The van der Waals surface area contributed by atoms with Crippen LogP contribution in [0.2, 0.25) is 0 Å². The van der Waals surface area contributed by atoms with Crippen LogP contribution in [0.5, 0.6) is 0 Å². The Balaban J connectivity index is 2.12. The molecule has 1 aliphatic carbocycles. The Morgan fingerprint density at radius 2 is 2.28 bits per heavy atom. The van der Waals surface area contributed by atoms with E-state index in [0.29, 0.717) is 5.69 Å². The maximum Gasteiger partial charge on any atom is 0.272 e. The minimum absolute atomic E-state index is 0.00259. The number of aliphatic hydroxyl groups excluding tert-OH is 1. The van der Waals surface area contributed by atoms with E-state index in [0.717, 1.165) is 25.0 Å². The smallest absolute Gasteiger partial charge is 0.272 e. The van der Waals surface area contributed by atoms with E-state index in [1.165, 1.54) is 0 Å². The van der Waals surface area contributed by atoms with E-state index in [4.69, 9.17) is 0 Å². The van der Waals surface area contributed by atoms with Crippen LogP contribution in [0.1, 0.15) is 55.3 Å². The van der Waals surface area contributed by atoms with Gasteiger partial charge in [-0.25, -0.2) is 0 Å². The van der Waals surface area contributed by atoms with Gasteiger partial charge in [-0.3, -0.25) is 9.48 Å². The van der Waals surface area contributed by atoms with E-state index in [2.05, 4.69) is 10.4 Å². The first-order valence-electron chi connectivity index (χ1n) is 6.47. The van der Waals surface area contributed by atoms with Crippen LogP contribution in [0.15, 0.2) is 6.07 Å². The van der Waals surface area contributed by atoms with Crippen molar-refractivity contribution in [3.63, 3.8) is 0 Å². The zero-order chi connectivity index (χ0) is 13.3. The fourth-order valence-electron chi connectivity index (χ4n) is 2.35. The van der Waals surface area contributed by atoms with E-state index < -0.39 is 5.54 Å². The van der Waals surface area contributed by atoms with Crippen molar-refractivity contribution in [2.45, 2.75) is 51.6 Å². The van der Waals surface area contributed by atoms with Gasteiger partial charge in [0.2, 0.25) is 0 Å². The number of aromatic nitrogens is 2. The Labute approximate surface area is 107 Å². The van der Waals surface area contributed by atoms with Gasteiger partial charge in [-0.15, -0.1) is 0 Å². The van der Waals surface area contributed by atoms with Crippen LogP contribution in [-0.4, -0.2) is 32.9 Å². The fourth-order valence-corrected chi connectivity index (χ4v) is 2.35. The second kappa shape index (κ2) is 4.72. The summed E-state index contributed by atoms with van der Waals surface area (Å²) < 4.78 is 1.83. The third kappa shape index (κ3) is 2.27. The molecular weight excluding hydrogens is 230 g/mol. The van der Waals surface area contributed by atoms with Gasteiger partial charge in [0.15, 0.2) is 0 Å². The van der Waals surface area contributed by atoms with Crippen molar-refractivity contribution in [2.24, 2.45) is 0 Å². The quantitative estimate of drug-likeness (QED) is 0.850. The first-order chi connectivity index (χ1) is 8.47. The topological polar surface area (TPSA) is 67.2 Å². The molecule has 5 heteroatoms. The van der Waals surface area contributed by atoms with Gasteiger partial charge in [0.05, 0.1) is 12.1 Å². The van der Waals surface area contributed by atoms with Crippen molar-refractivity contribution < 1.29 is 9.90 Å². The zero-order valence-corrected chi connectivity index (χ0v) is 11.2. The number of hydrogen-bond donors (Lipinski definition) is 2. The number of nitrogens with zero attached hydrogens (tertiary/aromatic N) is 2. The lowest BCUT2D eigenvalue weighted by Gasteiger charge is -2.40. The molecule has 1 saturated carbocycles. The van der Waals surface area contributed by atoms with E-state index >= 15 is 0 Å². The maximum atomic E-state index is 12.1. The Bertz CT molecular complexity index is 442. The van der Waals surface area contributed by atoms with Gasteiger partial charge in [-0.05, 0) is 46.1 Å². The molecular formula is C13H21N3O2. The fraction of sp³-hybridized carbons (Fsp3) is 0.692. The van der Waals surface area contributed by atoms with Crippen molar-refractivity contribution in [3.05, 3.63) is 17.5 Å². The molecule has 0 saturated heterocycles. The zero-order valence-electron chi connectivity index (χ0n) is 11.2. The van der Waals surface area contributed by atoms with Gasteiger partial charge in [-0.2, -0.15) is 5.10 Å². The van der Waals surface area contributed by atoms with Crippen LogP contribution in [0.25, 0.3) is 0 Å². The molecule has 1 heterocycles. The normalized spacial score (nSPS) is 17.6. The standard InChI is InChI=1S/C13H21N3O2/c1-9(2)16-10(3)7-11(15-16)12(18)14-13(8-17)5-4-6-13/h7,9,17H,4-6,8H2,1-3H3,(H,14,18). The minimum Gasteiger partial charge on any atom is -0.394 e. The molecule has 0 unspecified atom stereocenters. The molecule has 1 amide bonds. The summed E-state index contributed by atoms with van der Waals surface area (Å²) in [6.45, 7) is 6.00. The second-order valence-corrected chi connectivity index (χ2v) is 5.46. The molecule has 1 aromatic heterocycles. The van der Waals surface area contributed by atoms with Crippen LogP contribution in [-0.2, 0) is 0 Å². The number of amides is 1. The summed E-state index contributed by atoms with van der Waals surface area (Å²) in [5.74, 6) is -0.189. The van der Waals surface area contributed by atoms with Crippen LogP contribution in [0.4, 0.5) is 0 Å². The van der Waals surface area contributed by atoms with Crippen LogP contribution >= 0.6 is 0 Å². The van der Waals surface area contributed by atoms with Crippen molar-refractivity contribution in [3.8, 4) is 0 Å². The molecule has 0 aliphatic heterocycles. The van der Waals surface area contributed by atoms with Gasteiger partial charge >= 0.3 is 0 Å². The Morgan fingerprint density at radius 3 is 2.67 bits per heavy atom. The molecule has 0 spiro atoms. The Hall–Kier alpha value is -1.36. The average Bonchev–Trinajstić information content (AvgIpc) is 2.65. The number of hydrogen-bond acceptors (Lipinski definition) is 3. The molecule has 2 rings (SSSR count). The molecule has 0 aromatic carbocycles. The average molecular weight is 251 g/mol. The van der Waals surface area contributed by atoms with E-state index in [1.807, 2.05) is 25.5 Å². The third-order valence-electron chi connectivity index (χ3n) is 3.64. The number of carbonyl (C=O) groups is 1. The first-order valence-corrected chi connectivity index (χ1v) is 6.47. The molecule has 5 nitrogen and oxygen atoms in total. The van der Waals surface area contributed by atoms with Crippen molar-refractivity contribution in [1.82, 2.24) is 15.1 Å². The molecule has 1 aliphatic rings. The lowest BCUT2D eigenvalue weighted by molar-refractivity contribution is 0.0637. The second-order valence-electron chi connectivity index (χ2n) is 5.46. The van der Waals surface area contributed by atoms with Gasteiger partial charge in [0.25, 0.3) is 5.91 Å². The summed E-state index contributed by atoms with van der Waals surface area (Å²) in [7, 11) is 0. The maximum absolute atomic E-state index is 12.1. The predicted molar refractivity (Wildman–Crippen MR) is 68.5 cm³/mol. The summed E-state index contributed by atoms with van der Waals surface area (Å²) in [4.78, 5) is 12.1. The highest BCUT2D eigenvalue weighted by Gasteiger charge is 2.38. The van der Waals surface area contributed by atoms with Gasteiger partial charge in [0, 0.05) is 11.7 Å². The summed E-state index contributed by atoms with van der Waals surface area (Å²) in [5.41, 5.74) is 0.995. The summed E-state index contributed by atoms with van der Waals surface area (Å²) in [5, 5.41) is 16.6. The molecule has 0 atom stereocenters. The van der Waals surface area contributed by atoms with Gasteiger partial charge < -0.3 is 10.4 Å². The molecule has 2 N–H and O–H groups in total. The monoisotopic (exact) mass is 251 g/mol. The van der Waals surface area contributed by atoms with Crippen LogP contribution < -0.4 is 5.32 Å². The van der Waals surface area contributed by atoms with Crippen molar-refractivity contribution in [2.75, 3.05) is 6.61 Å². The first kappa shape index (κ1) is 13.1. The third-order valence-corrected chi connectivity index (χ3v) is 3.64. The van der Waals surface area contributed by atoms with Crippen LogP contribution in [0.3, 0.4) is 0 Å². The predicted octanol–water partition coefficient (Wildman–Crippen LogP) is 1.42. The Kier molecular flexibility index (Phi) is 3.43. The lowest BCUT2D eigenvalue weighted by Crippen LogP contribution is -2.56. The van der Waals surface area contributed by atoms with E-state index in [9.17, 15) is 9.90 Å². The van der Waals surface area contributed by atoms with Gasteiger partial charge in [-0.1, -0.05) is 0 Å². The molecule has 18 heavy (non-hydrogen) atoms. The van der Waals surface area contributed by atoms with Crippen molar-refractivity contribution in [1.29, 1.82) is 0 Å². The number of rotatable bonds is 4. The molecule has 1 aromatic rings. The Morgan fingerprint density at radius 1 is 1.61 bits per heavy atom. The molecule has 0 radical (unpaired) electrons. The SMILES string of the molecule is Cc1cc(C(=O)NC2(CO)CCC2)nn1C(C)C. The van der Waals surface area contributed by atoms with E-state index in [1.54, 1.807) is 6.07 Å². The van der Waals surface area contributed by atoms with Crippen molar-refractivity contribution >= 4 is 5.91 Å². The van der Waals surface area contributed by atoms with Crippen LogP contribution in [0, 0.1) is 6.92 Å². The highest BCUT2D eigenvalue weighted by molar-refractivity contribution is 5.93.